The molecule has 39 heavy (non-hydrogen) atoms. The first-order valence-electron chi connectivity index (χ1n) is 13.2. The van der Waals surface area contributed by atoms with Crippen LogP contribution in [-0.4, -0.2) is 54.5 Å². The van der Waals surface area contributed by atoms with Crippen LogP contribution in [0.4, 0.5) is 17.5 Å². The summed E-state index contributed by atoms with van der Waals surface area (Å²) >= 11 is 0. The van der Waals surface area contributed by atoms with Gasteiger partial charge in [-0.05, 0) is 82.9 Å². The highest BCUT2D eigenvalue weighted by atomic mass is 32.2. The third kappa shape index (κ3) is 5.83. The summed E-state index contributed by atoms with van der Waals surface area (Å²) in [5.74, 6) is 0.892. The molecular formula is C28H37N7O3S. The molecule has 1 aliphatic heterocycles. The Kier molecular flexibility index (Phi) is 7.83. The molecule has 1 atom stereocenters. The maximum atomic E-state index is 13.5. The zero-order valence-electron chi connectivity index (χ0n) is 23.4. The van der Waals surface area contributed by atoms with Crippen LogP contribution in [0.5, 0.6) is 0 Å². The Morgan fingerprint density at radius 3 is 2.44 bits per heavy atom. The van der Waals surface area contributed by atoms with Gasteiger partial charge < -0.3 is 15.5 Å². The largest absolute Gasteiger partial charge is 0.384 e. The number of hydrogen-bond acceptors (Lipinski definition) is 9. The van der Waals surface area contributed by atoms with Crippen LogP contribution in [0.3, 0.4) is 0 Å². The van der Waals surface area contributed by atoms with Gasteiger partial charge in [0.15, 0.2) is 5.03 Å². The van der Waals surface area contributed by atoms with Crippen molar-refractivity contribution < 1.29 is 13.2 Å². The molecule has 0 aliphatic carbocycles. The van der Waals surface area contributed by atoms with E-state index in [4.69, 9.17) is 15.7 Å². The summed E-state index contributed by atoms with van der Waals surface area (Å²) in [6.07, 6.45) is 0.903. The second-order valence-electron chi connectivity index (χ2n) is 10.6. The Morgan fingerprint density at radius 1 is 1.10 bits per heavy atom. The van der Waals surface area contributed by atoms with Crippen LogP contribution in [0.25, 0.3) is 11.4 Å². The molecule has 3 aromatic rings. The highest BCUT2D eigenvalue weighted by Gasteiger charge is 2.39. The van der Waals surface area contributed by atoms with E-state index in [1.165, 1.54) is 18.2 Å². The van der Waals surface area contributed by atoms with Gasteiger partial charge in [-0.3, -0.25) is 4.79 Å². The zero-order valence-corrected chi connectivity index (χ0v) is 24.2. The topological polar surface area (TPSA) is 134 Å². The maximum absolute atomic E-state index is 13.5. The molecule has 4 rings (SSSR count). The summed E-state index contributed by atoms with van der Waals surface area (Å²) in [4.78, 5) is 31.5. The SMILES string of the molecule is CCN(CC)c1ccc(C)c(-c2ccc(C(=O)NS(=O)(=O)c3cccc(N)n3)c(N3CC(C)CC3(C)C)n2)n1. The van der Waals surface area contributed by atoms with Gasteiger partial charge in [0.05, 0.1) is 17.0 Å². The highest BCUT2D eigenvalue weighted by molar-refractivity contribution is 7.90. The van der Waals surface area contributed by atoms with Crippen molar-refractivity contribution in [2.75, 3.05) is 35.2 Å². The standard InChI is InChI=1S/C28H37N7O3S/c1-7-34(8-2)23-15-12-19(4)25(32-23)21-14-13-20(26(30-21)35-17-18(3)16-28(35,5)6)27(36)33-39(37,38)24-11-9-10-22(29)31-24/h9-15,18H,7-8,16-17H2,1-6H3,(H2,29,31)(H,33,36). The summed E-state index contributed by atoms with van der Waals surface area (Å²) in [7, 11) is -4.25. The third-order valence-corrected chi connectivity index (χ3v) is 8.34. The van der Waals surface area contributed by atoms with Crippen LogP contribution in [0.1, 0.15) is 57.0 Å². The number of nitrogens with one attached hydrogen (secondary N) is 1. The lowest BCUT2D eigenvalue weighted by Crippen LogP contribution is -2.41. The molecule has 1 amide bonds. The van der Waals surface area contributed by atoms with Crippen molar-refractivity contribution >= 4 is 33.4 Å². The number of sulfonamides is 1. The Labute approximate surface area is 230 Å². The summed E-state index contributed by atoms with van der Waals surface area (Å²) in [6, 6.07) is 11.6. The van der Waals surface area contributed by atoms with Gasteiger partial charge in [0.1, 0.15) is 17.5 Å². The van der Waals surface area contributed by atoms with Gasteiger partial charge in [-0.25, -0.2) is 19.7 Å². The fourth-order valence-electron chi connectivity index (χ4n) is 5.23. The van der Waals surface area contributed by atoms with E-state index in [1.54, 1.807) is 12.1 Å². The number of nitrogens with two attached hydrogens (primary N) is 1. The number of amides is 1. The molecule has 3 aromatic heterocycles. The van der Waals surface area contributed by atoms with Gasteiger partial charge in [0.2, 0.25) is 0 Å². The van der Waals surface area contributed by atoms with Crippen molar-refractivity contribution in [3.8, 4) is 11.4 Å². The van der Waals surface area contributed by atoms with E-state index in [0.717, 1.165) is 30.9 Å². The number of rotatable bonds is 8. The van der Waals surface area contributed by atoms with Crippen LogP contribution in [0.2, 0.25) is 0 Å². The molecule has 3 N–H and O–H groups in total. The summed E-state index contributed by atoms with van der Waals surface area (Å²) < 4.78 is 28.1. The smallest absolute Gasteiger partial charge is 0.281 e. The highest BCUT2D eigenvalue weighted by Crippen LogP contribution is 2.38. The van der Waals surface area contributed by atoms with Crippen LogP contribution in [-0.2, 0) is 10.0 Å². The van der Waals surface area contributed by atoms with Gasteiger partial charge in [-0.1, -0.05) is 19.1 Å². The number of aromatic nitrogens is 3. The molecule has 0 spiro atoms. The van der Waals surface area contributed by atoms with E-state index in [1.807, 2.05) is 19.1 Å². The average molecular weight is 552 g/mol. The van der Waals surface area contributed by atoms with Gasteiger partial charge in [-0.2, -0.15) is 8.42 Å². The van der Waals surface area contributed by atoms with E-state index in [9.17, 15) is 13.2 Å². The first kappa shape index (κ1) is 28.3. The molecule has 0 radical (unpaired) electrons. The quantitative estimate of drug-likeness (QED) is 0.426. The van der Waals surface area contributed by atoms with Crippen molar-refractivity contribution in [1.82, 2.24) is 19.7 Å². The molecular weight excluding hydrogens is 514 g/mol. The predicted octanol–water partition coefficient (Wildman–Crippen LogP) is 4.02. The van der Waals surface area contributed by atoms with E-state index in [2.05, 4.69) is 54.1 Å². The minimum atomic E-state index is -4.25. The molecule has 1 fully saturated rings. The van der Waals surface area contributed by atoms with E-state index >= 15 is 0 Å². The molecule has 1 aliphatic rings. The normalized spacial score (nSPS) is 16.8. The second kappa shape index (κ2) is 10.8. The lowest BCUT2D eigenvalue weighted by atomic mass is 9.97. The van der Waals surface area contributed by atoms with E-state index in [-0.39, 0.29) is 21.9 Å². The Hall–Kier alpha value is -3.73. The lowest BCUT2D eigenvalue weighted by molar-refractivity contribution is 0.0981. The number of carbonyl (C=O) groups is 1. The van der Waals surface area contributed by atoms with Crippen molar-refractivity contribution in [1.29, 1.82) is 0 Å². The van der Waals surface area contributed by atoms with Crippen LogP contribution in [0, 0.1) is 12.8 Å². The second-order valence-corrected chi connectivity index (χ2v) is 12.3. The molecule has 1 saturated heterocycles. The number of aryl methyl sites for hydroxylation is 1. The Balaban J connectivity index is 1.81. The van der Waals surface area contributed by atoms with Crippen LogP contribution < -0.4 is 20.3 Å². The molecule has 0 aromatic carbocycles. The Morgan fingerprint density at radius 2 is 1.82 bits per heavy atom. The first-order chi connectivity index (χ1) is 18.4. The van der Waals surface area contributed by atoms with Crippen molar-refractivity contribution in [2.24, 2.45) is 5.92 Å². The molecule has 208 valence electrons. The number of anilines is 3. The third-order valence-electron chi connectivity index (χ3n) is 7.11. The van der Waals surface area contributed by atoms with Crippen molar-refractivity contribution in [2.45, 2.75) is 58.5 Å². The molecule has 1 unspecified atom stereocenters. The van der Waals surface area contributed by atoms with Crippen molar-refractivity contribution in [3.05, 3.63) is 53.6 Å². The summed E-state index contributed by atoms with van der Waals surface area (Å²) in [5, 5.41) is -0.329. The minimum Gasteiger partial charge on any atom is -0.384 e. The zero-order chi connectivity index (χ0) is 28.5. The number of nitrogens with zero attached hydrogens (tertiary/aromatic N) is 5. The summed E-state index contributed by atoms with van der Waals surface area (Å²) in [5.41, 5.74) is 7.81. The van der Waals surface area contributed by atoms with E-state index in [0.29, 0.717) is 29.7 Å². The number of carbonyl (C=O) groups excluding carboxylic acids is 1. The fraction of sp³-hybridized carbons (Fsp3) is 0.429. The van der Waals surface area contributed by atoms with Crippen LogP contribution in [0.15, 0.2) is 47.5 Å². The van der Waals surface area contributed by atoms with Gasteiger partial charge in [-0.15, -0.1) is 0 Å². The molecule has 11 heteroatoms. The number of pyridine rings is 3. The van der Waals surface area contributed by atoms with Crippen molar-refractivity contribution in [3.63, 3.8) is 0 Å². The first-order valence-corrected chi connectivity index (χ1v) is 14.7. The number of nitrogen functional groups attached to an aromatic ring is 1. The molecule has 0 bridgehead atoms. The number of hydrogen-bond donors (Lipinski definition) is 2. The average Bonchev–Trinajstić information content (AvgIpc) is 3.16. The molecule has 0 saturated carbocycles. The minimum absolute atomic E-state index is 0.0413. The lowest BCUT2D eigenvalue weighted by Gasteiger charge is -2.34. The fourth-order valence-corrected chi connectivity index (χ4v) is 6.18. The molecule has 4 heterocycles. The molecule has 10 nitrogen and oxygen atoms in total. The van der Waals surface area contributed by atoms with Crippen LogP contribution >= 0.6 is 0 Å². The Bertz CT molecular complexity index is 1490. The van der Waals surface area contributed by atoms with Gasteiger partial charge in [0.25, 0.3) is 15.9 Å². The van der Waals surface area contributed by atoms with Gasteiger partial charge >= 0.3 is 0 Å². The van der Waals surface area contributed by atoms with E-state index < -0.39 is 15.9 Å². The monoisotopic (exact) mass is 551 g/mol. The maximum Gasteiger partial charge on any atom is 0.281 e. The summed E-state index contributed by atoms with van der Waals surface area (Å²) in [6.45, 7) is 14.8. The van der Waals surface area contributed by atoms with Gasteiger partial charge in [0, 0.05) is 25.2 Å². The predicted molar refractivity (Wildman–Crippen MR) is 154 cm³/mol.